The molecule has 0 aliphatic heterocycles. The number of benzene rings is 1. The van der Waals surface area contributed by atoms with E-state index in [0.29, 0.717) is 28.4 Å². The molecule has 108 valence electrons. The molecule has 0 fully saturated rings. The third-order valence-corrected chi connectivity index (χ3v) is 4.20. The van der Waals surface area contributed by atoms with E-state index >= 15 is 0 Å². The van der Waals surface area contributed by atoms with Crippen molar-refractivity contribution in [2.45, 2.75) is 19.9 Å². The van der Waals surface area contributed by atoms with Crippen LogP contribution in [0.15, 0.2) is 24.3 Å². The van der Waals surface area contributed by atoms with Gasteiger partial charge in [-0.3, -0.25) is 4.79 Å². The molecule has 0 atom stereocenters. The van der Waals surface area contributed by atoms with Crippen LogP contribution in [-0.2, 0) is 6.54 Å². The number of nitrogens with zero attached hydrogens (tertiary/aromatic N) is 1. The molecule has 2 rings (SSSR count). The van der Waals surface area contributed by atoms with Crippen LogP contribution < -0.4 is 11.1 Å². The molecule has 0 unspecified atom stereocenters. The maximum absolute atomic E-state index is 12.8. The molecule has 0 bridgehead atoms. The van der Waals surface area contributed by atoms with Gasteiger partial charge >= 0.3 is 0 Å². The number of thiophene rings is 1. The van der Waals surface area contributed by atoms with Crippen molar-refractivity contribution >= 4 is 27.8 Å². The average Bonchev–Trinajstić information content (AvgIpc) is 2.82. The van der Waals surface area contributed by atoms with Gasteiger partial charge < -0.3 is 11.1 Å². The van der Waals surface area contributed by atoms with E-state index in [-0.39, 0.29) is 17.3 Å². The van der Waals surface area contributed by atoms with Crippen LogP contribution in [0.3, 0.4) is 0 Å². The van der Waals surface area contributed by atoms with Gasteiger partial charge in [0.25, 0.3) is 0 Å². The van der Waals surface area contributed by atoms with Gasteiger partial charge in [0, 0.05) is 13.0 Å². The van der Waals surface area contributed by atoms with E-state index in [1.54, 1.807) is 19.1 Å². The highest BCUT2D eigenvalue weighted by molar-refractivity contribution is 7.19. The topological polar surface area (TPSA) is 78.9 Å². The average molecular weight is 303 g/mol. The Morgan fingerprint density at radius 1 is 1.43 bits per heavy atom. The number of carbonyl (C=O) groups is 1. The van der Waals surface area contributed by atoms with Crippen LogP contribution in [0.4, 0.5) is 15.1 Å². The zero-order valence-corrected chi connectivity index (χ0v) is 12.3. The minimum absolute atomic E-state index is 0.0798. The van der Waals surface area contributed by atoms with E-state index in [1.165, 1.54) is 23.5 Å². The highest BCUT2D eigenvalue weighted by Gasteiger charge is 2.19. The quantitative estimate of drug-likeness (QED) is 0.828. The van der Waals surface area contributed by atoms with E-state index < -0.39 is 0 Å². The number of nitrogen functional groups attached to an aromatic ring is 1. The first-order chi connectivity index (χ1) is 10.1. The van der Waals surface area contributed by atoms with Crippen molar-refractivity contribution in [3.8, 4) is 6.07 Å². The summed E-state index contributed by atoms with van der Waals surface area (Å²) in [5, 5.41) is 12.8. The minimum Gasteiger partial charge on any atom is -0.396 e. The van der Waals surface area contributed by atoms with Gasteiger partial charge in [0.2, 0.25) is 0 Å². The van der Waals surface area contributed by atoms with Gasteiger partial charge in [-0.15, -0.1) is 11.3 Å². The predicted molar refractivity (Wildman–Crippen MR) is 81.8 cm³/mol. The monoisotopic (exact) mass is 303 g/mol. The number of nitriles is 1. The molecule has 1 aromatic carbocycles. The first-order valence-electron chi connectivity index (χ1n) is 6.40. The summed E-state index contributed by atoms with van der Waals surface area (Å²) in [7, 11) is 0. The van der Waals surface area contributed by atoms with Crippen molar-refractivity contribution < 1.29 is 9.18 Å². The molecule has 0 spiro atoms. The standard InChI is InChI=1S/C15H14FN3OS/c1-2-12(20)14-13(18)11(7-17)15(21-14)19-8-9-3-5-10(16)6-4-9/h3-6,19H,2,8,18H2,1H3. The molecule has 2 aromatic rings. The summed E-state index contributed by atoms with van der Waals surface area (Å²) in [5.74, 6) is -0.378. The minimum atomic E-state index is -0.298. The first-order valence-corrected chi connectivity index (χ1v) is 7.22. The Morgan fingerprint density at radius 2 is 2.10 bits per heavy atom. The van der Waals surface area contributed by atoms with E-state index in [1.807, 2.05) is 6.07 Å². The third-order valence-electron chi connectivity index (χ3n) is 3.00. The fraction of sp³-hybridized carbons (Fsp3) is 0.200. The number of ketones is 1. The second kappa shape index (κ2) is 6.37. The van der Waals surface area contributed by atoms with Crippen LogP contribution in [0.1, 0.15) is 34.1 Å². The van der Waals surface area contributed by atoms with Crippen molar-refractivity contribution in [2.75, 3.05) is 11.1 Å². The molecule has 0 radical (unpaired) electrons. The van der Waals surface area contributed by atoms with Gasteiger partial charge in [0.15, 0.2) is 5.78 Å². The normalized spacial score (nSPS) is 10.1. The number of nitrogens with one attached hydrogen (secondary N) is 1. The first kappa shape index (κ1) is 15.0. The maximum Gasteiger partial charge on any atom is 0.174 e. The SMILES string of the molecule is CCC(=O)c1sc(NCc2ccc(F)cc2)c(C#N)c1N. The summed E-state index contributed by atoms with van der Waals surface area (Å²) >= 11 is 1.18. The molecule has 0 saturated carbocycles. The van der Waals surface area contributed by atoms with Crippen LogP contribution in [0, 0.1) is 17.1 Å². The zero-order chi connectivity index (χ0) is 15.4. The lowest BCUT2D eigenvalue weighted by Gasteiger charge is -2.04. The van der Waals surface area contributed by atoms with Crippen LogP contribution in [0.25, 0.3) is 0 Å². The second-order valence-corrected chi connectivity index (χ2v) is 5.44. The van der Waals surface area contributed by atoms with E-state index in [9.17, 15) is 14.4 Å². The van der Waals surface area contributed by atoms with Crippen LogP contribution >= 0.6 is 11.3 Å². The van der Waals surface area contributed by atoms with Crippen molar-refractivity contribution in [1.29, 1.82) is 5.26 Å². The number of Topliss-reactive ketones (excluding diaryl/α,β-unsaturated/α-hetero) is 1. The van der Waals surface area contributed by atoms with Crippen LogP contribution in [0.5, 0.6) is 0 Å². The summed E-state index contributed by atoms with van der Waals surface area (Å²) in [4.78, 5) is 12.2. The number of hydrogen-bond acceptors (Lipinski definition) is 5. The summed E-state index contributed by atoms with van der Waals surface area (Å²) in [6.07, 6.45) is 0.340. The largest absolute Gasteiger partial charge is 0.396 e. The number of halogens is 1. The summed E-state index contributed by atoms with van der Waals surface area (Å²) in [5.41, 5.74) is 7.25. The predicted octanol–water partition coefficient (Wildman–Crippen LogP) is 3.55. The number of rotatable bonds is 5. The fourth-order valence-electron chi connectivity index (χ4n) is 1.83. The fourth-order valence-corrected chi connectivity index (χ4v) is 2.91. The summed E-state index contributed by atoms with van der Waals surface area (Å²) in [6.45, 7) is 2.17. The molecular weight excluding hydrogens is 289 g/mol. The molecule has 4 nitrogen and oxygen atoms in total. The molecular formula is C15H14FN3OS. The number of hydrogen-bond donors (Lipinski definition) is 2. The molecule has 0 aliphatic carbocycles. The zero-order valence-electron chi connectivity index (χ0n) is 11.4. The Hall–Kier alpha value is -2.39. The van der Waals surface area contributed by atoms with Gasteiger partial charge in [-0.05, 0) is 17.7 Å². The Labute approximate surface area is 126 Å². The summed E-state index contributed by atoms with van der Waals surface area (Å²) in [6, 6.07) is 8.08. The Morgan fingerprint density at radius 3 is 2.67 bits per heavy atom. The second-order valence-electron chi connectivity index (χ2n) is 4.42. The van der Waals surface area contributed by atoms with Crippen molar-refractivity contribution in [2.24, 2.45) is 0 Å². The van der Waals surface area contributed by atoms with Crippen molar-refractivity contribution in [3.05, 3.63) is 46.1 Å². The molecule has 0 amide bonds. The Bertz CT molecular complexity index is 701. The lowest BCUT2D eigenvalue weighted by Crippen LogP contribution is -2.00. The molecule has 0 saturated heterocycles. The van der Waals surface area contributed by atoms with E-state index in [2.05, 4.69) is 5.32 Å². The highest BCUT2D eigenvalue weighted by atomic mass is 32.1. The van der Waals surface area contributed by atoms with Crippen molar-refractivity contribution in [1.82, 2.24) is 0 Å². The summed E-state index contributed by atoms with van der Waals surface area (Å²) < 4.78 is 12.8. The maximum atomic E-state index is 12.8. The lowest BCUT2D eigenvalue weighted by molar-refractivity contribution is 0.0993. The smallest absolute Gasteiger partial charge is 0.174 e. The van der Waals surface area contributed by atoms with Crippen molar-refractivity contribution in [3.63, 3.8) is 0 Å². The number of carbonyl (C=O) groups excluding carboxylic acids is 1. The number of nitrogens with two attached hydrogens (primary N) is 1. The van der Waals surface area contributed by atoms with E-state index in [0.717, 1.165) is 5.56 Å². The van der Waals surface area contributed by atoms with E-state index in [4.69, 9.17) is 5.73 Å². The molecule has 3 N–H and O–H groups in total. The van der Waals surface area contributed by atoms with Gasteiger partial charge in [0.05, 0.1) is 10.6 Å². The Kier molecular flexibility index (Phi) is 4.55. The number of anilines is 2. The molecule has 6 heteroatoms. The van der Waals surface area contributed by atoms with Gasteiger partial charge in [0.1, 0.15) is 22.5 Å². The van der Waals surface area contributed by atoms with Gasteiger partial charge in [-0.1, -0.05) is 19.1 Å². The molecule has 1 heterocycles. The van der Waals surface area contributed by atoms with Crippen LogP contribution in [0.2, 0.25) is 0 Å². The molecule has 0 aliphatic rings. The third kappa shape index (κ3) is 3.20. The van der Waals surface area contributed by atoms with Gasteiger partial charge in [-0.25, -0.2) is 4.39 Å². The van der Waals surface area contributed by atoms with Crippen LogP contribution in [-0.4, -0.2) is 5.78 Å². The Balaban J connectivity index is 2.22. The molecule has 21 heavy (non-hydrogen) atoms. The lowest BCUT2D eigenvalue weighted by atomic mass is 10.2. The van der Waals surface area contributed by atoms with Gasteiger partial charge in [-0.2, -0.15) is 5.26 Å². The highest BCUT2D eigenvalue weighted by Crippen LogP contribution is 2.36. The molecule has 1 aromatic heterocycles.